The first kappa shape index (κ1) is 9.71. The number of alkyl halides is 1. The Balaban J connectivity index is 3.82. The zero-order chi connectivity index (χ0) is 7.33. The first-order chi connectivity index (χ1) is 4.24. The molecular formula is C4H11ClGeO3. The summed E-state index contributed by atoms with van der Waals surface area (Å²) < 4.78 is 15.3. The summed E-state index contributed by atoms with van der Waals surface area (Å²) in [5.74, 6) is 0. The number of hydrogen-bond acceptors (Lipinski definition) is 3. The third kappa shape index (κ3) is 2.43. The summed E-state index contributed by atoms with van der Waals surface area (Å²) in [5.41, 5.74) is 0. The Labute approximate surface area is 63.6 Å². The van der Waals surface area contributed by atoms with E-state index in [1.807, 2.05) is 0 Å². The van der Waals surface area contributed by atoms with E-state index in [1.165, 1.54) is 0 Å². The predicted molar refractivity (Wildman–Crippen MR) is 37.5 cm³/mol. The van der Waals surface area contributed by atoms with Gasteiger partial charge in [0.2, 0.25) is 0 Å². The Hall–Kier alpha value is 0.713. The van der Waals surface area contributed by atoms with Crippen LogP contribution in [0.1, 0.15) is 0 Å². The molecule has 3 nitrogen and oxygen atoms in total. The van der Waals surface area contributed by atoms with E-state index in [1.54, 1.807) is 21.3 Å². The topological polar surface area (TPSA) is 27.7 Å². The first-order valence-electron chi connectivity index (χ1n) is 2.46. The molecule has 5 heteroatoms. The molecule has 0 spiro atoms. The molecule has 0 aliphatic carbocycles. The van der Waals surface area contributed by atoms with Crippen LogP contribution >= 0.6 is 11.6 Å². The van der Waals surface area contributed by atoms with Crippen LogP contribution in [0.15, 0.2) is 0 Å². The van der Waals surface area contributed by atoms with Crippen molar-refractivity contribution in [3.63, 3.8) is 0 Å². The second-order valence-corrected chi connectivity index (χ2v) is 8.81. The van der Waals surface area contributed by atoms with Crippen LogP contribution in [-0.4, -0.2) is 40.3 Å². The number of halogens is 1. The average molecular weight is 215 g/mol. The maximum atomic E-state index is 5.53. The van der Waals surface area contributed by atoms with Gasteiger partial charge in [-0.25, -0.2) is 0 Å². The van der Waals surface area contributed by atoms with E-state index >= 15 is 0 Å². The van der Waals surface area contributed by atoms with Crippen molar-refractivity contribution in [2.75, 3.05) is 26.0 Å². The van der Waals surface area contributed by atoms with Gasteiger partial charge in [0.1, 0.15) is 0 Å². The fourth-order valence-corrected chi connectivity index (χ4v) is 3.85. The van der Waals surface area contributed by atoms with E-state index in [9.17, 15) is 0 Å². The van der Waals surface area contributed by atoms with Gasteiger partial charge in [0.05, 0.1) is 0 Å². The summed E-state index contributed by atoms with van der Waals surface area (Å²) in [4.78, 5) is 0. The van der Waals surface area contributed by atoms with Crippen molar-refractivity contribution in [1.82, 2.24) is 0 Å². The van der Waals surface area contributed by atoms with Gasteiger partial charge in [-0.15, -0.1) is 0 Å². The molecule has 0 aliphatic rings. The molecule has 0 aromatic heterocycles. The predicted octanol–water partition coefficient (Wildman–Crippen LogP) is 0.642. The Morgan fingerprint density at radius 3 is 1.44 bits per heavy atom. The second kappa shape index (κ2) is 4.52. The van der Waals surface area contributed by atoms with Gasteiger partial charge in [0.25, 0.3) is 0 Å². The van der Waals surface area contributed by atoms with Crippen molar-refractivity contribution in [2.45, 2.75) is 0 Å². The zero-order valence-corrected chi connectivity index (χ0v) is 8.66. The van der Waals surface area contributed by atoms with Crippen molar-refractivity contribution < 1.29 is 11.3 Å². The van der Waals surface area contributed by atoms with E-state index < -0.39 is 14.3 Å². The summed E-state index contributed by atoms with van der Waals surface area (Å²) >= 11 is 2.63. The minimum absolute atomic E-state index is 0.337. The van der Waals surface area contributed by atoms with Gasteiger partial charge in [-0.1, -0.05) is 0 Å². The van der Waals surface area contributed by atoms with E-state index in [0.717, 1.165) is 0 Å². The van der Waals surface area contributed by atoms with Crippen LogP contribution in [0.2, 0.25) is 0 Å². The van der Waals surface area contributed by atoms with Crippen LogP contribution < -0.4 is 0 Å². The molecule has 0 radical (unpaired) electrons. The van der Waals surface area contributed by atoms with Crippen LogP contribution in [0.3, 0.4) is 0 Å². The molecule has 0 saturated heterocycles. The van der Waals surface area contributed by atoms with Crippen molar-refractivity contribution in [1.29, 1.82) is 0 Å². The first-order valence-corrected chi connectivity index (χ1v) is 7.05. The average Bonchev–Trinajstić information content (AvgIpc) is 1.95. The van der Waals surface area contributed by atoms with E-state index in [0.29, 0.717) is 4.71 Å². The van der Waals surface area contributed by atoms with Crippen LogP contribution in [0.4, 0.5) is 0 Å². The molecule has 0 atom stereocenters. The Bertz CT molecular complexity index is 58.7. The van der Waals surface area contributed by atoms with Gasteiger partial charge in [0.15, 0.2) is 0 Å². The summed E-state index contributed by atoms with van der Waals surface area (Å²) in [7, 11) is 4.65. The standard InChI is InChI=1S/C4H11ClGeO3/c1-7-6(4-5,8-2)9-3/h4H2,1-3H3. The SMILES string of the molecule is C[O][Ge]([CH2]Cl)([O]C)[O]C. The van der Waals surface area contributed by atoms with Crippen LogP contribution in [0, 0.1) is 0 Å². The molecule has 56 valence electrons. The van der Waals surface area contributed by atoms with Gasteiger partial charge < -0.3 is 0 Å². The summed E-state index contributed by atoms with van der Waals surface area (Å²) in [6, 6.07) is 0. The molecule has 0 aromatic carbocycles. The molecule has 9 heavy (non-hydrogen) atoms. The molecule has 0 unspecified atom stereocenters. The molecule has 0 saturated carbocycles. The van der Waals surface area contributed by atoms with Crippen LogP contribution in [0.5, 0.6) is 0 Å². The molecule has 0 fully saturated rings. The maximum absolute atomic E-state index is 5.53. The van der Waals surface area contributed by atoms with Crippen molar-refractivity contribution in [3.05, 3.63) is 0 Å². The van der Waals surface area contributed by atoms with E-state index in [4.69, 9.17) is 22.9 Å². The molecular weight excluding hydrogens is 204 g/mol. The number of hydrogen-bond donors (Lipinski definition) is 0. The van der Waals surface area contributed by atoms with Gasteiger partial charge in [-0.05, 0) is 0 Å². The van der Waals surface area contributed by atoms with Crippen molar-refractivity contribution in [3.8, 4) is 0 Å². The number of rotatable bonds is 4. The molecule has 0 aliphatic heterocycles. The van der Waals surface area contributed by atoms with E-state index in [-0.39, 0.29) is 0 Å². The minimum atomic E-state index is -2.90. The third-order valence-electron chi connectivity index (χ3n) is 1.10. The molecule has 0 amide bonds. The molecule has 0 heterocycles. The Morgan fingerprint density at radius 2 is 1.44 bits per heavy atom. The second-order valence-electron chi connectivity index (χ2n) is 1.43. The molecule has 0 bridgehead atoms. The van der Waals surface area contributed by atoms with Gasteiger partial charge in [0, 0.05) is 0 Å². The fraction of sp³-hybridized carbons (Fsp3) is 1.00. The van der Waals surface area contributed by atoms with Crippen LogP contribution in [0.25, 0.3) is 0 Å². The quantitative estimate of drug-likeness (QED) is 0.509. The van der Waals surface area contributed by atoms with Crippen molar-refractivity contribution in [2.24, 2.45) is 0 Å². The molecule has 0 rings (SSSR count). The van der Waals surface area contributed by atoms with E-state index in [2.05, 4.69) is 0 Å². The fourth-order valence-electron chi connectivity index (χ4n) is 0.414. The van der Waals surface area contributed by atoms with Gasteiger partial charge in [-0.2, -0.15) is 0 Å². The third-order valence-corrected chi connectivity index (χ3v) is 7.40. The Morgan fingerprint density at radius 1 is 1.11 bits per heavy atom. The summed E-state index contributed by atoms with van der Waals surface area (Å²) in [6.07, 6.45) is 0. The normalized spacial score (nSPS) is 12.0. The van der Waals surface area contributed by atoms with Gasteiger partial charge in [-0.3, -0.25) is 0 Å². The monoisotopic (exact) mass is 216 g/mol. The van der Waals surface area contributed by atoms with Crippen LogP contribution in [-0.2, 0) is 11.3 Å². The van der Waals surface area contributed by atoms with Gasteiger partial charge >= 0.3 is 63.2 Å². The Kier molecular flexibility index (Phi) is 4.87. The molecule has 0 N–H and O–H groups in total. The van der Waals surface area contributed by atoms with Crippen molar-refractivity contribution >= 4 is 25.9 Å². The molecule has 0 aromatic rings. The summed E-state index contributed by atoms with van der Waals surface area (Å²) in [5, 5.41) is 0. The summed E-state index contributed by atoms with van der Waals surface area (Å²) in [6.45, 7) is 0. The zero-order valence-electron chi connectivity index (χ0n) is 5.81.